The first-order valence-electron chi connectivity index (χ1n) is 2.99. The average molecular weight is 159 g/mol. The molecule has 2 N–H and O–H groups in total. The van der Waals surface area contributed by atoms with Crippen LogP contribution in [0.3, 0.4) is 0 Å². The summed E-state index contributed by atoms with van der Waals surface area (Å²) in [5.74, 6) is -1.96. The number of aliphatic hydroxyl groups is 1. The van der Waals surface area contributed by atoms with Crippen LogP contribution in [-0.4, -0.2) is 40.8 Å². The van der Waals surface area contributed by atoms with Crippen LogP contribution < -0.4 is 0 Å². The highest BCUT2D eigenvalue weighted by Crippen LogP contribution is 1.82. The van der Waals surface area contributed by atoms with E-state index in [0.717, 1.165) is 6.92 Å². The molecule has 0 saturated heterocycles. The van der Waals surface area contributed by atoms with E-state index in [4.69, 9.17) is 10.2 Å². The fourth-order valence-corrected chi connectivity index (χ4v) is 0.491. The van der Waals surface area contributed by atoms with Gasteiger partial charge in [-0.25, -0.2) is 4.79 Å². The highest BCUT2D eigenvalue weighted by atomic mass is 16.4. The molecule has 0 bridgehead atoms. The van der Waals surface area contributed by atoms with Crippen LogP contribution in [0.25, 0.3) is 0 Å². The molecule has 0 spiro atoms. The number of hydrogen-bond acceptors (Lipinski definition) is 4. The highest BCUT2D eigenvalue weighted by Gasteiger charge is 2.13. The Morgan fingerprint density at radius 1 is 1.45 bits per heavy atom. The van der Waals surface area contributed by atoms with Gasteiger partial charge < -0.3 is 10.2 Å². The van der Waals surface area contributed by atoms with Gasteiger partial charge in [0.15, 0.2) is 11.5 Å². The lowest BCUT2D eigenvalue weighted by atomic mass is 10.3. The highest BCUT2D eigenvalue weighted by molar-refractivity contribution is 6.63. The Labute approximate surface area is 63.4 Å². The molecule has 62 valence electrons. The van der Waals surface area contributed by atoms with Crippen molar-refractivity contribution in [3.05, 3.63) is 0 Å². The van der Waals surface area contributed by atoms with Crippen molar-refractivity contribution in [1.29, 1.82) is 0 Å². The first-order chi connectivity index (χ1) is 5.09. The Balaban J connectivity index is 4.33. The summed E-state index contributed by atoms with van der Waals surface area (Å²) in [4.78, 5) is 24.1. The van der Waals surface area contributed by atoms with Gasteiger partial charge in [-0.1, -0.05) is 0 Å². The maximum Gasteiger partial charge on any atom is 0.357 e. The van der Waals surface area contributed by atoms with E-state index in [-0.39, 0.29) is 13.2 Å². The molecule has 0 radical (unpaired) electrons. The van der Waals surface area contributed by atoms with Crippen LogP contribution in [-0.2, 0) is 9.59 Å². The Morgan fingerprint density at radius 2 is 2.00 bits per heavy atom. The van der Waals surface area contributed by atoms with Crippen LogP contribution in [0.1, 0.15) is 6.92 Å². The number of carboxylic acids is 1. The normalized spacial score (nSPS) is 11.3. The molecular weight excluding hydrogens is 150 g/mol. The number of ketones is 1. The summed E-state index contributed by atoms with van der Waals surface area (Å²) in [7, 11) is 0. The first kappa shape index (κ1) is 9.77. The SMILES string of the molecule is CC(=O)C(=NCCO)C(=O)O. The molecule has 0 aliphatic carbocycles. The second-order valence-electron chi connectivity index (χ2n) is 1.82. The third-order valence-electron chi connectivity index (χ3n) is 0.906. The zero-order valence-electron chi connectivity index (χ0n) is 6.07. The molecule has 0 aromatic carbocycles. The van der Waals surface area contributed by atoms with Gasteiger partial charge in [0.2, 0.25) is 0 Å². The molecule has 0 aliphatic rings. The Kier molecular flexibility index (Phi) is 4.05. The molecular formula is C6H9NO4. The van der Waals surface area contributed by atoms with Crippen molar-refractivity contribution in [3.8, 4) is 0 Å². The Bertz CT molecular complexity index is 181. The quantitative estimate of drug-likeness (QED) is 0.410. The summed E-state index contributed by atoms with van der Waals surface area (Å²) in [6.07, 6.45) is 0. The maximum absolute atomic E-state index is 10.5. The van der Waals surface area contributed by atoms with E-state index in [1.54, 1.807) is 0 Å². The molecule has 5 nitrogen and oxygen atoms in total. The molecule has 0 aromatic rings. The second kappa shape index (κ2) is 4.56. The molecule has 0 heterocycles. The lowest BCUT2D eigenvalue weighted by molar-refractivity contribution is -0.130. The summed E-state index contributed by atoms with van der Waals surface area (Å²) in [5.41, 5.74) is -0.515. The average Bonchev–Trinajstić information content (AvgIpc) is 1.87. The van der Waals surface area contributed by atoms with Crippen molar-refractivity contribution in [2.75, 3.05) is 13.2 Å². The monoisotopic (exact) mass is 159 g/mol. The maximum atomic E-state index is 10.5. The van der Waals surface area contributed by atoms with E-state index < -0.39 is 17.5 Å². The summed E-state index contributed by atoms with van der Waals surface area (Å²) in [6.45, 7) is 0.801. The van der Waals surface area contributed by atoms with Gasteiger partial charge in [-0.05, 0) is 0 Å². The predicted molar refractivity (Wildman–Crippen MR) is 37.7 cm³/mol. The fourth-order valence-electron chi connectivity index (χ4n) is 0.491. The van der Waals surface area contributed by atoms with E-state index in [2.05, 4.69) is 4.99 Å². The van der Waals surface area contributed by atoms with Crippen molar-refractivity contribution in [2.45, 2.75) is 6.92 Å². The number of carbonyl (C=O) groups is 2. The summed E-state index contributed by atoms with van der Waals surface area (Å²) in [5, 5.41) is 16.6. The number of carboxylic acid groups (broad SMARTS) is 1. The van der Waals surface area contributed by atoms with Gasteiger partial charge in [0.05, 0.1) is 13.2 Å². The van der Waals surface area contributed by atoms with Gasteiger partial charge >= 0.3 is 5.97 Å². The Morgan fingerprint density at radius 3 is 2.27 bits per heavy atom. The molecule has 11 heavy (non-hydrogen) atoms. The third kappa shape index (κ3) is 3.47. The number of aliphatic hydroxyl groups excluding tert-OH is 1. The smallest absolute Gasteiger partial charge is 0.357 e. The first-order valence-corrected chi connectivity index (χ1v) is 2.99. The van der Waals surface area contributed by atoms with Crippen LogP contribution in [0, 0.1) is 0 Å². The van der Waals surface area contributed by atoms with Gasteiger partial charge in [-0.15, -0.1) is 0 Å². The number of carbonyl (C=O) groups excluding carboxylic acids is 1. The Hall–Kier alpha value is -1.23. The number of Topliss-reactive ketones (excluding diaryl/α,β-unsaturated/α-hetero) is 1. The molecule has 0 rings (SSSR count). The minimum Gasteiger partial charge on any atom is -0.476 e. The lowest BCUT2D eigenvalue weighted by Gasteiger charge is -1.93. The number of hydrogen-bond donors (Lipinski definition) is 2. The molecule has 0 amide bonds. The van der Waals surface area contributed by atoms with Crippen molar-refractivity contribution < 1.29 is 19.8 Å². The minimum absolute atomic E-state index is 0.0544. The molecule has 0 aromatic heterocycles. The van der Waals surface area contributed by atoms with Gasteiger partial charge in [-0.3, -0.25) is 9.79 Å². The molecule has 0 atom stereocenters. The number of rotatable bonds is 4. The third-order valence-corrected chi connectivity index (χ3v) is 0.906. The van der Waals surface area contributed by atoms with E-state index in [0.29, 0.717) is 0 Å². The van der Waals surface area contributed by atoms with E-state index in [9.17, 15) is 9.59 Å². The van der Waals surface area contributed by atoms with Gasteiger partial charge in [0.1, 0.15) is 0 Å². The van der Waals surface area contributed by atoms with Crippen molar-refractivity contribution in [1.82, 2.24) is 0 Å². The second-order valence-corrected chi connectivity index (χ2v) is 1.82. The van der Waals surface area contributed by atoms with E-state index >= 15 is 0 Å². The summed E-state index contributed by atoms with van der Waals surface area (Å²) >= 11 is 0. The van der Waals surface area contributed by atoms with Crippen molar-refractivity contribution in [2.24, 2.45) is 4.99 Å². The topological polar surface area (TPSA) is 87.0 Å². The van der Waals surface area contributed by atoms with Gasteiger partial charge in [0.25, 0.3) is 0 Å². The number of aliphatic imine (C=N–C) groups is 1. The van der Waals surface area contributed by atoms with E-state index in [1.807, 2.05) is 0 Å². The van der Waals surface area contributed by atoms with Crippen molar-refractivity contribution >= 4 is 17.5 Å². The number of nitrogens with zero attached hydrogens (tertiary/aromatic N) is 1. The molecule has 0 saturated carbocycles. The van der Waals surface area contributed by atoms with Crippen LogP contribution in [0.4, 0.5) is 0 Å². The summed E-state index contributed by atoms with van der Waals surface area (Å²) in [6, 6.07) is 0. The lowest BCUT2D eigenvalue weighted by Crippen LogP contribution is -2.22. The van der Waals surface area contributed by atoms with Crippen LogP contribution >= 0.6 is 0 Å². The van der Waals surface area contributed by atoms with Crippen molar-refractivity contribution in [3.63, 3.8) is 0 Å². The standard InChI is InChI=1S/C6H9NO4/c1-4(9)5(6(10)11)7-2-3-8/h8H,2-3H2,1H3,(H,10,11). The predicted octanol–water partition coefficient (Wildman–Crippen LogP) is -0.907. The molecule has 0 aliphatic heterocycles. The van der Waals surface area contributed by atoms with Gasteiger partial charge in [-0.2, -0.15) is 0 Å². The van der Waals surface area contributed by atoms with Crippen LogP contribution in [0.2, 0.25) is 0 Å². The van der Waals surface area contributed by atoms with E-state index in [1.165, 1.54) is 0 Å². The molecule has 0 unspecified atom stereocenters. The molecule has 5 heteroatoms. The molecule has 0 fully saturated rings. The zero-order valence-corrected chi connectivity index (χ0v) is 6.07. The fraction of sp³-hybridized carbons (Fsp3) is 0.500. The van der Waals surface area contributed by atoms with Crippen LogP contribution in [0.15, 0.2) is 4.99 Å². The number of aliphatic carboxylic acids is 1. The minimum atomic E-state index is -1.36. The zero-order chi connectivity index (χ0) is 8.85. The largest absolute Gasteiger partial charge is 0.476 e. The van der Waals surface area contributed by atoms with Crippen LogP contribution in [0.5, 0.6) is 0 Å². The summed E-state index contributed by atoms with van der Waals surface area (Å²) < 4.78 is 0. The van der Waals surface area contributed by atoms with Gasteiger partial charge in [0, 0.05) is 6.92 Å².